The van der Waals surface area contributed by atoms with Gasteiger partial charge in [-0.3, -0.25) is 4.79 Å². The fourth-order valence-electron chi connectivity index (χ4n) is 1.19. The Morgan fingerprint density at radius 3 is 2.38 bits per heavy atom. The smallest absolute Gasteiger partial charge is 0.239 e. The highest BCUT2D eigenvalue weighted by molar-refractivity contribution is 5.81. The van der Waals surface area contributed by atoms with E-state index in [0.717, 1.165) is 19.3 Å². The van der Waals surface area contributed by atoms with Crippen molar-refractivity contribution in [1.82, 2.24) is 4.90 Å². The molecule has 3 heteroatoms. The molecule has 0 heterocycles. The second-order valence-electron chi connectivity index (χ2n) is 3.60. The number of likely N-dealkylation sites (N-methyl/N-ethyl adjacent to an activating group) is 1. The molecule has 0 aromatic carbocycles. The second kappa shape index (κ2) is 5.97. The van der Waals surface area contributed by atoms with Gasteiger partial charge in [0.1, 0.15) is 0 Å². The minimum absolute atomic E-state index is 0.0659. The molecule has 0 radical (unpaired) electrons. The number of nitrogens with zero attached hydrogens (tertiary/aromatic N) is 1. The lowest BCUT2D eigenvalue weighted by molar-refractivity contribution is -0.133. The maximum atomic E-state index is 11.6. The van der Waals surface area contributed by atoms with E-state index >= 15 is 0 Å². The number of hydrogen-bond acceptors (Lipinski definition) is 2. The SMILES string of the molecule is CCC[C@H](N)C(=O)N(C)C(C)CC. The van der Waals surface area contributed by atoms with Gasteiger partial charge >= 0.3 is 0 Å². The Morgan fingerprint density at radius 2 is 2.00 bits per heavy atom. The summed E-state index contributed by atoms with van der Waals surface area (Å²) in [5.41, 5.74) is 5.73. The molecule has 0 aromatic rings. The number of carbonyl (C=O) groups excluding carboxylic acids is 1. The van der Waals surface area contributed by atoms with E-state index in [4.69, 9.17) is 5.73 Å². The van der Waals surface area contributed by atoms with E-state index < -0.39 is 0 Å². The zero-order valence-corrected chi connectivity index (χ0v) is 9.21. The zero-order valence-electron chi connectivity index (χ0n) is 9.21. The minimum atomic E-state index is -0.316. The molecule has 0 aliphatic heterocycles. The Morgan fingerprint density at radius 1 is 1.46 bits per heavy atom. The molecule has 13 heavy (non-hydrogen) atoms. The lowest BCUT2D eigenvalue weighted by Crippen LogP contribution is -2.45. The number of nitrogens with two attached hydrogens (primary N) is 1. The summed E-state index contributed by atoms with van der Waals surface area (Å²) in [5.74, 6) is 0.0659. The monoisotopic (exact) mass is 186 g/mol. The van der Waals surface area contributed by atoms with Gasteiger partial charge in [-0.15, -0.1) is 0 Å². The van der Waals surface area contributed by atoms with Crippen LogP contribution in [-0.4, -0.2) is 29.9 Å². The topological polar surface area (TPSA) is 46.3 Å². The van der Waals surface area contributed by atoms with E-state index in [1.54, 1.807) is 4.90 Å². The van der Waals surface area contributed by atoms with Gasteiger partial charge in [-0.25, -0.2) is 0 Å². The molecule has 0 aromatic heterocycles. The van der Waals surface area contributed by atoms with Crippen LogP contribution in [0.1, 0.15) is 40.0 Å². The van der Waals surface area contributed by atoms with Gasteiger partial charge in [0.15, 0.2) is 0 Å². The largest absolute Gasteiger partial charge is 0.342 e. The maximum Gasteiger partial charge on any atom is 0.239 e. The molecule has 78 valence electrons. The normalized spacial score (nSPS) is 15.2. The van der Waals surface area contributed by atoms with E-state index in [1.165, 1.54) is 0 Å². The van der Waals surface area contributed by atoms with Crippen LogP contribution in [0.2, 0.25) is 0 Å². The van der Waals surface area contributed by atoms with Gasteiger partial charge in [-0.05, 0) is 19.8 Å². The van der Waals surface area contributed by atoms with E-state index in [-0.39, 0.29) is 18.0 Å². The third-order valence-electron chi connectivity index (χ3n) is 2.52. The van der Waals surface area contributed by atoms with Crippen molar-refractivity contribution < 1.29 is 4.79 Å². The summed E-state index contributed by atoms with van der Waals surface area (Å²) in [4.78, 5) is 13.4. The van der Waals surface area contributed by atoms with Gasteiger partial charge in [-0.1, -0.05) is 20.3 Å². The van der Waals surface area contributed by atoms with E-state index in [1.807, 2.05) is 20.9 Å². The van der Waals surface area contributed by atoms with Crippen LogP contribution in [0.15, 0.2) is 0 Å². The first-order valence-electron chi connectivity index (χ1n) is 5.06. The molecular weight excluding hydrogens is 164 g/mol. The third kappa shape index (κ3) is 3.77. The summed E-state index contributed by atoms with van der Waals surface area (Å²) in [6.07, 6.45) is 2.71. The van der Waals surface area contributed by atoms with Crippen molar-refractivity contribution in [2.45, 2.75) is 52.1 Å². The van der Waals surface area contributed by atoms with Crippen LogP contribution < -0.4 is 5.73 Å². The fraction of sp³-hybridized carbons (Fsp3) is 0.900. The van der Waals surface area contributed by atoms with E-state index in [9.17, 15) is 4.79 Å². The molecule has 0 fully saturated rings. The quantitative estimate of drug-likeness (QED) is 0.705. The van der Waals surface area contributed by atoms with Crippen molar-refractivity contribution in [3.05, 3.63) is 0 Å². The standard InChI is InChI=1S/C10H22N2O/c1-5-7-9(11)10(13)12(4)8(3)6-2/h8-9H,5-7,11H2,1-4H3/t8?,9-/m0/s1. The van der Waals surface area contributed by atoms with Crippen LogP contribution >= 0.6 is 0 Å². The first-order chi connectivity index (χ1) is 6.04. The van der Waals surface area contributed by atoms with Crippen molar-refractivity contribution in [2.75, 3.05) is 7.05 Å². The van der Waals surface area contributed by atoms with Gasteiger partial charge in [-0.2, -0.15) is 0 Å². The molecule has 3 nitrogen and oxygen atoms in total. The van der Waals surface area contributed by atoms with Crippen LogP contribution in [-0.2, 0) is 4.79 Å². The van der Waals surface area contributed by atoms with Gasteiger partial charge in [0.05, 0.1) is 6.04 Å². The first-order valence-corrected chi connectivity index (χ1v) is 5.06. The van der Waals surface area contributed by atoms with Crippen molar-refractivity contribution >= 4 is 5.91 Å². The summed E-state index contributed by atoms with van der Waals surface area (Å²) in [6, 6.07) is -0.0283. The highest BCUT2D eigenvalue weighted by atomic mass is 16.2. The van der Waals surface area contributed by atoms with Crippen LogP contribution in [0.5, 0.6) is 0 Å². The van der Waals surface area contributed by atoms with Crippen molar-refractivity contribution in [2.24, 2.45) is 5.73 Å². The van der Waals surface area contributed by atoms with Gasteiger partial charge in [0.2, 0.25) is 5.91 Å². The van der Waals surface area contributed by atoms with Crippen LogP contribution in [0.4, 0.5) is 0 Å². The van der Waals surface area contributed by atoms with Crippen molar-refractivity contribution in [3.8, 4) is 0 Å². The molecule has 0 aliphatic rings. The average Bonchev–Trinajstić information content (AvgIpc) is 2.14. The third-order valence-corrected chi connectivity index (χ3v) is 2.52. The first kappa shape index (κ1) is 12.4. The van der Waals surface area contributed by atoms with Crippen molar-refractivity contribution in [1.29, 1.82) is 0 Å². The van der Waals surface area contributed by atoms with Gasteiger partial charge in [0.25, 0.3) is 0 Å². The summed E-state index contributed by atoms with van der Waals surface area (Å²) in [5, 5.41) is 0. The maximum absolute atomic E-state index is 11.6. The predicted octanol–water partition coefficient (Wildman–Crippen LogP) is 1.37. The number of carbonyl (C=O) groups is 1. The zero-order chi connectivity index (χ0) is 10.4. The van der Waals surface area contributed by atoms with Gasteiger partial charge in [0, 0.05) is 13.1 Å². The molecule has 1 amide bonds. The highest BCUT2D eigenvalue weighted by Crippen LogP contribution is 2.04. The van der Waals surface area contributed by atoms with Crippen LogP contribution in [0, 0.1) is 0 Å². The fourth-order valence-corrected chi connectivity index (χ4v) is 1.19. The Balaban J connectivity index is 4.08. The Kier molecular flexibility index (Phi) is 5.71. The molecule has 2 N–H and O–H groups in total. The lowest BCUT2D eigenvalue weighted by Gasteiger charge is -2.26. The molecule has 0 saturated heterocycles. The highest BCUT2D eigenvalue weighted by Gasteiger charge is 2.19. The Bertz CT molecular complexity index is 159. The summed E-state index contributed by atoms with van der Waals surface area (Å²) >= 11 is 0. The average molecular weight is 186 g/mol. The van der Waals surface area contributed by atoms with E-state index in [2.05, 4.69) is 6.92 Å². The molecule has 0 spiro atoms. The summed E-state index contributed by atoms with van der Waals surface area (Å²) < 4.78 is 0. The van der Waals surface area contributed by atoms with Crippen LogP contribution in [0.25, 0.3) is 0 Å². The molecule has 0 rings (SSSR count). The van der Waals surface area contributed by atoms with E-state index in [0.29, 0.717) is 0 Å². The predicted molar refractivity (Wildman–Crippen MR) is 55.4 cm³/mol. The molecule has 2 atom stereocenters. The summed E-state index contributed by atoms with van der Waals surface area (Å²) in [6.45, 7) is 6.15. The molecule has 0 aliphatic carbocycles. The number of amides is 1. The lowest BCUT2D eigenvalue weighted by atomic mass is 10.1. The molecule has 0 bridgehead atoms. The second-order valence-corrected chi connectivity index (χ2v) is 3.60. The van der Waals surface area contributed by atoms with Crippen molar-refractivity contribution in [3.63, 3.8) is 0 Å². The number of rotatable bonds is 5. The molecule has 0 saturated carbocycles. The van der Waals surface area contributed by atoms with Crippen LogP contribution in [0.3, 0.4) is 0 Å². The molecular formula is C10H22N2O. The Labute approximate surface area is 81.3 Å². The summed E-state index contributed by atoms with van der Waals surface area (Å²) in [7, 11) is 1.83. The Hall–Kier alpha value is -0.570. The minimum Gasteiger partial charge on any atom is -0.342 e. The number of hydrogen-bond donors (Lipinski definition) is 1. The van der Waals surface area contributed by atoms with Gasteiger partial charge < -0.3 is 10.6 Å². The molecule has 1 unspecified atom stereocenters.